The Morgan fingerprint density at radius 1 is 1.04 bits per heavy atom. The summed E-state index contributed by atoms with van der Waals surface area (Å²) >= 11 is 5.76. The molecule has 1 aliphatic rings. The molecule has 0 unspecified atom stereocenters. The third-order valence-electron chi connectivity index (χ3n) is 4.78. The van der Waals surface area contributed by atoms with Crippen molar-refractivity contribution in [2.45, 2.75) is 45.1 Å². The molecule has 0 spiro atoms. The maximum atomic E-state index is 13.8. The summed E-state index contributed by atoms with van der Waals surface area (Å²) < 4.78 is 19.3. The minimum atomic E-state index is -0.498. The fourth-order valence-electron chi connectivity index (χ4n) is 3.24. The van der Waals surface area contributed by atoms with E-state index in [1.165, 1.54) is 37.3 Å². The van der Waals surface area contributed by atoms with Crippen molar-refractivity contribution in [3.05, 3.63) is 64.4 Å². The number of halogens is 2. The van der Waals surface area contributed by atoms with Crippen LogP contribution >= 0.6 is 11.6 Å². The fraction of sp³-hybridized carbons (Fsp3) is 0.400. The molecule has 2 aromatic rings. The van der Waals surface area contributed by atoms with Crippen LogP contribution in [0.3, 0.4) is 0 Å². The van der Waals surface area contributed by atoms with Gasteiger partial charge in [0.25, 0.3) is 0 Å². The molecular weight excluding hydrogens is 311 g/mol. The highest BCUT2D eigenvalue weighted by atomic mass is 35.5. The van der Waals surface area contributed by atoms with Gasteiger partial charge in [-0.15, -0.1) is 0 Å². The first-order chi connectivity index (χ1) is 11.1. The van der Waals surface area contributed by atoms with E-state index in [0.29, 0.717) is 12.5 Å². The lowest BCUT2D eigenvalue weighted by molar-refractivity contribution is 0.290. The quantitative estimate of drug-likeness (QED) is 0.633. The molecular formula is C20H22ClFO. The van der Waals surface area contributed by atoms with Gasteiger partial charge in [-0.3, -0.25) is 0 Å². The smallest absolute Gasteiger partial charge is 0.183 e. The highest BCUT2D eigenvalue weighted by Gasteiger charge is 2.19. The highest BCUT2D eigenvalue weighted by Crippen LogP contribution is 2.35. The second-order valence-electron chi connectivity index (χ2n) is 6.54. The van der Waals surface area contributed by atoms with Gasteiger partial charge in [0.1, 0.15) is 6.61 Å². The Hall–Kier alpha value is -1.54. The monoisotopic (exact) mass is 332 g/mol. The summed E-state index contributed by atoms with van der Waals surface area (Å²) in [4.78, 5) is 0. The lowest BCUT2D eigenvalue weighted by Gasteiger charge is -2.26. The summed E-state index contributed by atoms with van der Waals surface area (Å²) in [5.41, 5.74) is 2.45. The summed E-state index contributed by atoms with van der Waals surface area (Å²) in [5, 5.41) is 0.0874. The van der Waals surface area contributed by atoms with Gasteiger partial charge in [-0.25, -0.2) is 4.39 Å². The highest BCUT2D eigenvalue weighted by molar-refractivity contribution is 6.30. The summed E-state index contributed by atoms with van der Waals surface area (Å²) in [6, 6.07) is 13.3. The van der Waals surface area contributed by atoms with Gasteiger partial charge >= 0.3 is 0 Å². The standard InChI is InChI=1S/C20H22ClFO/c1-14-5-9-16(10-6-14)17-11-7-15(8-12-17)13-23-19-4-2-3-18(21)20(19)22/h2-4,7-8,11-12,14,16H,5-6,9-10,13H2,1H3. The average molecular weight is 333 g/mol. The Kier molecular flexibility index (Phi) is 5.22. The van der Waals surface area contributed by atoms with Crippen molar-refractivity contribution in [3.8, 4) is 5.75 Å². The molecule has 1 nitrogen and oxygen atoms in total. The van der Waals surface area contributed by atoms with Crippen LogP contribution in [0.2, 0.25) is 5.02 Å². The molecule has 0 aromatic heterocycles. The van der Waals surface area contributed by atoms with Crippen LogP contribution in [-0.2, 0) is 6.61 Å². The maximum absolute atomic E-state index is 13.8. The zero-order valence-electron chi connectivity index (χ0n) is 13.4. The third-order valence-corrected chi connectivity index (χ3v) is 5.07. The van der Waals surface area contributed by atoms with Crippen LogP contribution in [0.1, 0.15) is 49.7 Å². The Labute approximate surface area is 142 Å². The molecule has 0 radical (unpaired) electrons. The molecule has 3 heteroatoms. The summed E-state index contributed by atoms with van der Waals surface area (Å²) in [5.74, 6) is 1.25. The first kappa shape index (κ1) is 16.3. The van der Waals surface area contributed by atoms with Crippen LogP contribution in [0.15, 0.2) is 42.5 Å². The Morgan fingerprint density at radius 3 is 2.43 bits per heavy atom. The molecule has 3 rings (SSSR count). The van der Waals surface area contributed by atoms with Gasteiger partial charge in [-0.1, -0.05) is 61.7 Å². The van der Waals surface area contributed by atoms with E-state index in [0.717, 1.165) is 11.5 Å². The molecule has 0 heterocycles. The van der Waals surface area contributed by atoms with E-state index < -0.39 is 5.82 Å². The minimum Gasteiger partial charge on any atom is -0.486 e. The minimum absolute atomic E-state index is 0.0874. The maximum Gasteiger partial charge on any atom is 0.183 e. The van der Waals surface area contributed by atoms with Crippen molar-refractivity contribution in [2.75, 3.05) is 0 Å². The van der Waals surface area contributed by atoms with Gasteiger partial charge in [0, 0.05) is 0 Å². The van der Waals surface area contributed by atoms with E-state index in [4.69, 9.17) is 16.3 Å². The molecule has 122 valence electrons. The molecule has 23 heavy (non-hydrogen) atoms. The van der Waals surface area contributed by atoms with Crippen LogP contribution in [0, 0.1) is 11.7 Å². The normalized spacial score (nSPS) is 21.2. The van der Waals surface area contributed by atoms with E-state index in [1.807, 2.05) is 0 Å². The molecule has 0 aliphatic heterocycles. The SMILES string of the molecule is CC1CCC(c2ccc(COc3cccc(Cl)c3F)cc2)CC1. The lowest BCUT2D eigenvalue weighted by atomic mass is 9.79. The number of hydrogen-bond acceptors (Lipinski definition) is 1. The van der Waals surface area contributed by atoms with Crippen LogP contribution < -0.4 is 4.74 Å². The summed E-state index contributed by atoms with van der Waals surface area (Å²) in [7, 11) is 0. The summed E-state index contributed by atoms with van der Waals surface area (Å²) in [6.45, 7) is 2.69. The van der Waals surface area contributed by atoms with Gasteiger partial charge in [0.2, 0.25) is 0 Å². The molecule has 0 saturated heterocycles. The predicted molar refractivity (Wildman–Crippen MR) is 92.6 cm³/mol. The Morgan fingerprint density at radius 2 is 1.74 bits per heavy atom. The number of benzene rings is 2. The zero-order valence-corrected chi connectivity index (χ0v) is 14.2. The van der Waals surface area contributed by atoms with Crippen LogP contribution in [0.25, 0.3) is 0 Å². The van der Waals surface area contributed by atoms with E-state index in [9.17, 15) is 4.39 Å². The van der Waals surface area contributed by atoms with E-state index in [-0.39, 0.29) is 10.8 Å². The van der Waals surface area contributed by atoms with Crippen molar-refractivity contribution in [2.24, 2.45) is 5.92 Å². The molecule has 1 aliphatic carbocycles. The molecule has 1 saturated carbocycles. The van der Waals surface area contributed by atoms with Crippen molar-refractivity contribution in [1.29, 1.82) is 0 Å². The van der Waals surface area contributed by atoms with Gasteiger partial charge in [0.15, 0.2) is 11.6 Å². The molecule has 0 atom stereocenters. The van der Waals surface area contributed by atoms with Crippen molar-refractivity contribution >= 4 is 11.6 Å². The molecule has 0 amide bonds. The summed E-state index contributed by atoms with van der Waals surface area (Å²) in [6.07, 6.45) is 5.21. The molecule has 2 aromatic carbocycles. The first-order valence-corrected chi connectivity index (χ1v) is 8.67. The van der Waals surface area contributed by atoms with Gasteiger partial charge in [-0.2, -0.15) is 0 Å². The molecule has 0 bridgehead atoms. The van der Waals surface area contributed by atoms with Crippen molar-refractivity contribution in [1.82, 2.24) is 0 Å². The van der Waals surface area contributed by atoms with Gasteiger partial charge in [-0.05, 0) is 47.9 Å². The second-order valence-corrected chi connectivity index (χ2v) is 6.95. The molecule has 0 N–H and O–H groups in total. The van der Waals surface area contributed by atoms with Crippen molar-refractivity contribution < 1.29 is 9.13 Å². The van der Waals surface area contributed by atoms with E-state index in [1.54, 1.807) is 12.1 Å². The second kappa shape index (κ2) is 7.35. The fourth-order valence-corrected chi connectivity index (χ4v) is 3.40. The van der Waals surface area contributed by atoms with Crippen LogP contribution in [0.4, 0.5) is 4.39 Å². The number of ether oxygens (including phenoxy) is 1. The first-order valence-electron chi connectivity index (χ1n) is 8.29. The van der Waals surface area contributed by atoms with Crippen LogP contribution in [-0.4, -0.2) is 0 Å². The van der Waals surface area contributed by atoms with Gasteiger partial charge in [0.05, 0.1) is 5.02 Å². The Balaban J connectivity index is 1.60. The number of hydrogen-bond donors (Lipinski definition) is 0. The lowest BCUT2D eigenvalue weighted by Crippen LogP contribution is -2.10. The topological polar surface area (TPSA) is 9.23 Å². The predicted octanol–water partition coefficient (Wildman–Crippen LogP) is 6.35. The van der Waals surface area contributed by atoms with Crippen molar-refractivity contribution in [3.63, 3.8) is 0 Å². The zero-order chi connectivity index (χ0) is 16.2. The average Bonchev–Trinajstić information content (AvgIpc) is 2.57. The van der Waals surface area contributed by atoms with Gasteiger partial charge < -0.3 is 4.74 Å². The molecule has 1 fully saturated rings. The Bertz CT molecular complexity index is 645. The third kappa shape index (κ3) is 4.06. The van der Waals surface area contributed by atoms with E-state index in [2.05, 4.69) is 31.2 Å². The largest absolute Gasteiger partial charge is 0.486 e. The van der Waals surface area contributed by atoms with Crippen LogP contribution in [0.5, 0.6) is 5.75 Å². The van der Waals surface area contributed by atoms with E-state index >= 15 is 0 Å². The number of rotatable bonds is 4.